The molecular formula is C23H23N3O3S2. The zero-order valence-corrected chi connectivity index (χ0v) is 18.5. The lowest BCUT2D eigenvalue weighted by molar-refractivity contribution is 0.0955. The predicted molar refractivity (Wildman–Crippen MR) is 124 cm³/mol. The lowest BCUT2D eigenvalue weighted by Crippen LogP contribution is -2.23. The van der Waals surface area contributed by atoms with Gasteiger partial charge in [0.15, 0.2) is 0 Å². The lowest BCUT2D eigenvalue weighted by Gasteiger charge is -2.23. The molecule has 2 aromatic carbocycles. The van der Waals surface area contributed by atoms with E-state index in [1.807, 2.05) is 6.07 Å². The Labute approximate surface area is 186 Å². The molecule has 6 nitrogen and oxygen atoms in total. The molecule has 0 radical (unpaired) electrons. The third-order valence-corrected chi connectivity index (χ3v) is 8.09. The first kappa shape index (κ1) is 21.3. The second-order valence-corrected chi connectivity index (χ2v) is 10.2. The van der Waals surface area contributed by atoms with E-state index in [1.165, 1.54) is 11.6 Å². The van der Waals surface area contributed by atoms with Gasteiger partial charge in [0.1, 0.15) is 4.21 Å². The fourth-order valence-electron chi connectivity index (χ4n) is 3.69. The van der Waals surface area contributed by atoms with Gasteiger partial charge in [-0.05, 0) is 60.7 Å². The number of thiophene rings is 1. The van der Waals surface area contributed by atoms with Gasteiger partial charge in [0.25, 0.3) is 15.9 Å². The number of carbonyl (C=O) groups excluding carboxylic acids is 1. The minimum atomic E-state index is -3.74. The summed E-state index contributed by atoms with van der Waals surface area (Å²) in [7, 11) is -3.74. The summed E-state index contributed by atoms with van der Waals surface area (Å²) in [6.45, 7) is 0. The Morgan fingerprint density at radius 1 is 0.935 bits per heavy atom. The highest BCUT2D eigenvalue weighted by atomic mass is 32.2. The van der Waals surface area contributed by atoms with Crippen molar-refractivity contribution >= 4 is 38.7 Å². The van der Waals surface area contributed by atoms with Crippen LogP contribution in [-0.4, -0.2) is 20.0 Å². The number of anilines is 1. The zero-order chi connectivity index (χ0) is 21.7. The second kappa shape index (κ2) is 9.45. The van der Waals surface area contributed by atoms with Crippen molar-refractivity contribution in [3.05, 3.63) is 83.2 Å². The van der Waals surface area contributed by atoms with E-state index in [2.05, 4.69) is 39.5 Å². The number of hydrazone groups is 1. The van der Waals surface area contributed by atoms with Crippen LogP contribution in [0, 0.1) is 0 Å². The molecule has 2 N–H and O–H groups in total. The number of sulfonamides is 1. The van der Waals surface area contributed by atoms with Crippen LogP contribution in [0.1, 0.15) is 47.5 Å². The molecule has 0 spiro atoms. The highest BCUT2D eigenvalue weighted by Crippen LogP contribution is 2.31. The number of nitrogens with one attached hydrogen (secondary N) is 2. The predicted octanol–water partition coefficient (Wildman–Crippen LogP) is 4.99. The number of hydrogen-bond donors (Lipinski definition) is 2. The van der Waals surface area contributed by atoms with Gasteiger partial charge < -0.3 is 0 Å². The number of amides is 1. The quantitative estimate of drug-likeness (QED) is 0.515. The van der Waals surface area contributed by atoms with E-state index < -0.39 is 15.9 Å². The smallest absolute Gasteiger partial charge is 0.273 e. The van der Waals surface area contributed by atoms with E-state index in [0.29, 0.717) is 5.92 Å². The minimum absolute atomic E-state index is 0.193. The molecular weight excluding hydrogens is 430 g/mol. The van der Waals surface area contributed by atoms with Crippen LogP contribution in [0.25, 0.3) is 0 Å². The Morgan fingerprint density at radius 3 is 2.35 bits per heavy atom. The van der Waals surface area contributed by atoms with Crippen LogP contribution in [0.3, 0.4) is 0 Å². The molecule has 0 bridgehead atoms. The molecule has 1 aromatic heterocycles. The number of nitrogens with zero attached hydrogens (tertiary/aromatic N) is 1. The third kappa shape index (κ3) is 5.21. The number of para-hydroxylation sites is 1. The molecule has 0 unspecified atom stereocenters. The summed E-state index contributed by atoms with van der Waals surface area (Å²) in [6.07, 6.45) is 3.64. The van der Waals surface area contributed by atoms with Crippen LogP contribution in [0.4, 0.5) is 5.69 Å². The highest BCUT2D eigenvalue weighted by Gasteiger charge is 2.21. The van der Waals surface area contributed by atoms with Crippen LogP contribution < -0.4 is 10.1 Å². The van der Waals surface area contributed by atoms with Gasteiger partial charge in [-0.1, -0.05) is 48.5 Å². The average Bonchev–Trinajstić information content (AvgIpc) is 3.35. The Balaban J connectivity index is 1.41. The van der Waals surface area contributed by atoms with Gasteiger partial charge in [0.2, 0.25) is 0 Å². The summed E-state index contributed by atoms with van der Waals surface area (Å²) in [5.41, 5.74) is 5.35. The summed E-state index contributed by atoms with van der Waals surface area (Å²) >= 11 is 1.12. The normalized spacial score (nSPS) is 16.5. The van der Waals surface area contributed by atoms with Crippen molar-refractivity contribution < 1.29 is 13.2 Å². The molecule has 0 saturated heterocycles. The molecule has 1 amide bonds. The van der Waals surface area contributed by atoms with Crippen molar-refractivity contribution in [3.63, 3.8) is 0 Å². The monoisotopic (exact) mass is 453 g/mol. The lowest BCUT2D eigenvalue weighted by atomic mass is 9.83. The summed E-state index contributed by atoms with van der Waals surface area (Å²) in [6, 6.07) is 20.2. The molecule has 1 aliphatic rings. The fourth-order valence-corrected chi connectivity index (χ4v) is 5.77. The molecule has 4 rings (SSSR count). The molecule has 1 aliphatic carbocycles. The minimum Gasteiger partial charge on any atom is -0.278 e. The molecule has 31 heavy (non-hydrogen) atoms. The molecule has 160 valence electrons. The Morgan fingerprint density at radius 2 is 1.65 bits per heavy atom. The van der Waals surface area contributed by atoms with Crippen LogP contribution in [0.2, 0.25) is 0 Å². The van der Waals surface area contributed by atoms with Crippen molar-refractivity contribution in [1.82, 2.24) is 5.43 Å². The third-order valence-electron chi connectivity index (χ3n) is 5.33. The molecule has 1 fully saturated rings. The van der Waals surface area contributed by atoms with Crippen molar-refractivity contribution in [2.45, 2.75) is 35.8 Å². The maximum absolute atomic E-state index is 12.7. The second-order valence-electron chi connectivity index (χ2n) is 7.39. The van der Waals surface area contributed by atoms with E-state index in [4.69, 9.17) is 0 Å². The molecule has 3 aromatic rings. The van der Waals surface area contributed by atoms with Gasteiger partial charge in [-0.2, -0.15) is 5.10 Å². The van der Waals surface area contributed by atoms with Crippen molar-refractivity contribution in [3.8, 4) is 0 Å². The number of carbonyl (C=O) groups is 1. The summed E-state index contributed by atoms with van der Waals surface area (Å²) < 4.78 is 27.8. The Kier molecular flexibility index (Phi) is 6.48. The standard InChI is InChI=1S/C23H23N3O3S2/c27-23(25-24-19-14-12-18(13-15-19)17-7-2-1-3-8-17)20-9-4-5-10-21(20)26-31(28,29)22-11-6-16-30-22/h1-11,16,18,26H,12-15H2,(H,25,27). The number of hydrogen-bond acceptors (Lipinski definition) is 5. The van der Waals surface area contributed by atoms with Gasteiger partial charge in [-0.15, -0.1) is 11.3 Å². The number of benzene rings is 2. The first-order chi connectivity index (χ1) is 15.0. The van der Waals surface area contributed by atoms with Gasteiger partial charge in [-0.3, -0.25) is 9.52 Å². The van der Waals surface area contributed by atoms with E-state index >= 15 is 0 Å². The molecule has 0 atom stereocenters. The maximum Gasteiger partial charge on any atom is 0.273 e. The fraction of sp³-hybridized carbons (Fsp3) is 0.217. The van der Waals surface area contributed by atoms with Gasteiger partial charge >= 0.3 is 0 Å². The molecule has 0 aliphatic heterocycles. The van der Waals surface area contributed by atoms with Crippen molar-refractivity contribution in [2.24, 2.45) is 5.10 Å². The Bertz CT molecular complexity index is 1160. The van der Waals surface area contributed by atoms with Gasteiger partial charge in [-0.25, -0.2) is 13.8 Å². The molecule has 8 heteroatoms. The van der Waals surface area contributed by atoms with E-state index in [0.717, 1.165) is 42.7 Å². The van der Waals surface area contributed by atoms with E-state index in [9.17, 15) is 13.2 Å². The van der Waals surface area contributed by atoms with Crippen LogP contribution in [0.5, 0.6) is 0 Å². The first-order valence-electron chi connectivity index (χ1n) is 10.1. The van der Waals surface area contributed by atoms with Crippen molar-refractivity contribution in [1.29, 1.82) is 0 Å². The zero-order valence-electron chi connectivity index (χ0n) is 16.8. The topological polar surface area (TPSA) is 87.6 Å². The van der Waals surface area contributed by atoms with Crippen LogP contribution >= 0.6 is 11.3 Å². The van der Waals surface area contributed by atoms with Gasteiger partial charge in [0, 0.05) is 5.71 Å². The SMILES string of the molecule is O=C(NN=C1CCC(c2ccccc2)CC1)c1ccccc1NS(=O)(=O)c1cccs1. The average molecular weight is 454 g/mol. The largest absolute Gasteiger partial charge is 0.278 e. The summed E-state index contributed by atoms with van der Waals surface area (Å²) in [4.78, 5) is 12.7. The van der Waals surface area contributed by atoms with Crippen molar-refractivity contribution in [2.75, 3.05) is 4.72 Å². The molecule has 1 saturated carbocycles. The summed E-state index contributed by atoms with van der Waals surface area (Å²) in [5.74, 6) is 0.0744. The van der Waals surface area contributed by atoms with E-state index in [-0.39, 0.29) is 15.5 Å². The maximum atomic E-state index is 12.7. The summed E-state index contributed by atoms with van der Waals surface area (Å²) in [5, 5.41) is 6.01. The van der Waals surface area contributed by atoms with Crippen LogP contribution in [0.15, 0.2) is 81.4 Å². The first-order valence-corrected chi connectivity index (χ1v) is 12.5. The molecule has 1 heterocycles. The van der Waals surface area contributed by atoms with Gasteiger partial charge in [0.05, 0.1) is 11.3 Å². The number of rotatable bonds is 6. The Hall–Kier alpha value is -2.97. The van der Waals surface area contributed by atoms with E-state index in [1.54, 1.807) is 35.7 Å². The highest BCUT2D eigenvalue weighted by molar-refractivity contribution is 7.94. The van der Waals surface area contributed by atoms with Crippen LogP contribution in [-0.2, 0) is 10.0 Å².